The number of hydrogen-bond acceptors (Lipinski definition) is 9. The number of anilines is 2. The van der Waals surface area contributed by atoms with Gasteiger partial charge in [0.15, 0.2) is 5.65 Å². The zero-order valence-electron chi connectivity index (χ0n) is 20.0. The van der Waals surface area contributed by atoms with Gasteiger partial charge in [-0.3, -0.25) is 15.2 Å². The summed E-state index contributed by atoms with van der Waals surface area (Å²) in [6.07, 6.45) is 2.47. The van der Waals surface area contributed by atoms with Gasteiger partial charge in [0.25, 0.3) is 5.91 Å². The molecule has 184 valence electrons. The molecule has 0 saturated carbocycles. The Labute approximate surface area is 207 Å². The van der Waals surface area contributed by atoms with Crippen molar-refractivity contribution in [3.63, 3.8) is 0 Å². The van der Waals surface area contributed by atoms with Crippen molar-refractivity contribution in [1.29, 1.82) is 0 Å². The summed E-state index contributed by atoms with van der Waals surface area (Å²) >= 11 is 1.65. The van der Waals surface area contributed by atoms with Crippen LogP contribution in [0.4, 0.5) is 10.7 Å². The molecule has 1 unspecified atom stereocenters. The number of thiophene rings is 1. The molecule has 0 saturated heterocycles. The van der Waals surface area contributed by atoms with Crippen molar-refractivity contribution in [2.24, 2.45) is 0 Å². The van der Waals surface area contributed by atoms with Crippen molar-refractivity contribution >= 4 is 49.1 Å². The Bertz CT molecular complexity index is 1350. The van der Waals surface area contributed by atoms with E-state index in [-0.39, 0.29) is 12.1 Å². The topological polar surface area (TPSA) is 116 Å². The molecular formula is C24H29N7O3S. The number of fused-ring (bicyclic) bond motifs is 4. The monoisotopic (exact) mass is 495 g/mol. The summed E-state index contributed by atoms with van der Waals surface area (Å²) in [4.78, 5) is 19.6. The molecular weight excluding hydrogens is 466 g/mol. The number of aromatic nitrogens is 3. The maximum absolute atomic E-state index is 13.2. The average molecular weight is 496 g/mol. The third-order valence-electron chi connectivity index (χ3n) is 6.05. The normalized spacial score (nSPS) is 15.1. The van der Waals surface area contributed by atoms with Gasteiger partial charge in [-0.25, -0.2) is 0 Å². The number of carbonyl (C=O) groups excluding carboxylic acids is 1. The van der Waals surface area contributed by atoms with E-state index in [4.69, 9.17) is 9.47 Å². The lowest BCUT2D eigenvalue weighted by Gasteiger charge is -2.28. The van der Waals surface area contributed by atoms with Crippen LogP contribution in [0.5, 0.6) is 5.88 Å². The molecule has 5 rings (SSSR count). The van der Waals surface area contributed by atoms with Crippen LogP contribution in [0.25, 0.3) is 21.1 Å². The summed E-state index contributed by atoms with van der Waals surface area (Å²) in [5.74, 6) is 0.519. The van der Waals surface area contributed by atoms with E-state index < -0.39 is 0 Å². The van der Waals surface area contributed by atoms with E-state index in [1.54, 1.807) is 31.8 Å². The predicted molar refractivity (Wildman–Crippen MR) is 138 cm³/mol. The first-order chi connectivity index (χ1) is 17.1. The third kappa shape index (κ3) is 4.49. The van der Waals surface area contributed by atoms with E-state index in [9.17, 15) is 4.79 Å². The summed E-state index contributed by atoms with van der Waals surface area (Å²) in [5, 5.41) is 20.5. The minimum atomic E-state index is -0.167. The molecule has 1 aromatic carbocycles. The van der Waals surface area contributed by atoms with Crippen molar-refractivity contribution in [2.75, 3.05) is 51.2 Å². The van der Waals surface area contributed by atoms with Gasteiger partial charge in [0.05, 0.1) is 37.3 Å². The molecule has 1 atom stereocenters. The van der Waals surface area contributed by atoms with Gasteiger partial charge in [-0.1, -0.05) is 13.0 Å². The Kier molecular flexibility index (Phi) is 6.71. The van der Waals surface area contributed by atoms with Gasteiger partial charge in [0.1, 0.15) is 6.17 Å². The number of amides is 1. The van der Waals surface area contributed by atoms with Gasteiger partial charge in [-0.05, 0) is 24.6 Å². The fourth-order valence-electron chi connectivity index (χ4n) is 4.37. The van der Waals surface area contributed by atoms with Crippen LogP contribution in [0.1, 0.15) is 35.4 Å². The lowest BCUT2D eigenvalue weighted by atomic mass is 10.1. The number of methoxy groups -OCH3 is 2. The van der Waals surface area contributed by atoms with E-state index in [1.165, 1.54) is 0 Å². The van der Waals surface area contributed by atoms with Crippen LogP contribution in [-0.2, 0) is 4.74 Å². The molecule has 1 aliphatic heterocycles. The minimum Gasteiger partial charge on any atom is -0.479 e. The number of pyridine rings is 1. The molecule has 3 aromatic heterocycles. The predicted octanol–water partition coefficient (Wildman–Crippen LogP) is 3.76. The number of nitrogens with one attached hydrogen (secondary N) is 4. The summed E-state index contributed by atoms with van der Waals surface area (Å²) in [7, 11) is 3.26. The average Bonchev–Trinajstić information content (AvgIpc) is 3.49. The van der Waals surface area contributed by atoms with Gasteiger partial charge < -0.3 is 25.0 Å². The fourth-order valence-corrected chi connectivity index (χ4v) is 5.55. The number of nitrogens with zero attached hydrogens (tertiary/aromatic N) is 3. The van der Waals surface area contributed by atoms with E-state index in [1.807, 2.05) is 29.2 Å². The van der Waals surface area contributed by atoms with Gasteiger partial charge in [0, 0.05) is 46.8 Å². The fraction of sp³-hybridized carbons (Fsp3) is 0.375. The molecule has 0 radical (unpaired) electrons. The highest BCUT2D eigenvalue weighted by molar-refractivity contribution is 7.23. The van der Waals surface area contributed by atoms with Crippen LogP contribution in [0.15, 0.2) is 30.5 Å². The second-order valence-electron chi connectivity index (χ2n) is 8.33. The van der Waals surface area contributed by atoms with Crippen LogP contribution < -0.4 is 20.7 Å². The van der Waals surface area contributed by atoms with Crippen molar-refractivity contribution in [2.45, 2.75) is 19.5 Å². The van der Waals surface area contributed by atoms with Gasteiger partial charge in [0.2, 0.25) is 5.88 Å². The van der Waals surface area contributed by atoms with Crippen molar-refractivity contribution in [3.8, 4) is 5.88 Å². The minimum absolute atomic E-state index is 0.0298. The SMILES string of the molecule is CCCN(CCOC)C(=O)c1ccc2c3c(sc2c1)NCNC3Nc1cc2cn[nH]c2nc1OC. The molecule has 4 heterocycles. The second-order valence-corrected chi connectivity index (χ2v) is 9.38. The molecule has 0 aliphatic carbocycles. The Morgan fingerprint density at radius 2 is 2.17 bits per heavy atom. The molecule has 1 amide bonds. The highest BCUT2D eigenvalue weighted by Crippen LogP contribution is 2.42. The van der Waals surface area contributed by atoms with Gasteiger partial charge in [-0.15, -0.1) is 11.3 Å². The summed E-state index contributed by atoms with van der Waals surface area (Å²) in [5.41, 5.74) is 3.24. The summed E-state index contributed by atoms with van der Waals surface area (Å²) in [6.45, 7) is 4.48. The number of rotatable bonds is 9. The first-order valence-electron chi connectivity index (χ1n) is 11.6. The maximum atomic E-state index is 13.2. The number of benzene rings is 1. The molecule has 0 spiro atoms. The molecule has 35 heavy (non-hydrogen) atoms. The zero-order chi connectivity index (χ0) is 24.4. The number of H-pyrrole nitrogens is 1. The third-order valence-corrected chi connectivity index (χ3v) is 7.18. The number of ether oxygens (including phenoxy) is 2. The number of aromatic amines is 1. The van der Waals surface area contributed by atoms with Crippen LogP contribution in [-0.4, -0.2) is 66.6 Å². The Balaban J connectivity index is 1.46. The summed E-state index contributed by atoms with van der Waals surface area (Å²) in [6, 6.07) is 7.92. The Hall–Kier alpha value is -3.41. The smallest absolute Gasteiger partial charge is 0.253 e. The van der Waals surface area contributed by atoms with Crippen molar-refractivity contribution in [1.82, 2.24) is 25.4 Å². The summed E-state index contributed by atoms with van der Waals surface area (Å²) < 4.78 is 11.8. The zero-order valence-corrected chi connectivity index (χ0v) is 20.8. The lowest BCUT2D eigenvalue weighted by Crippen LogP contribution is -2.36. The molecule has 1 aliphatic rings. The first kappa shape index (κ1) is 23.3. The Morgan fingerprint density at radius 1 is 1.29 bits per heavy atom. The van der Waals surface area contributed by atoms with Crippen LogP contribution in [0, 0.1) is 0 Å². The molecule has 0 fully saturated rings. The van der Waals surface area contributed by atoms with Crippen LogP contribution in [0.2, 0.25) is 0 Å². The van der Waals surface area contributed by atoms with E-state index in [0.29, 0.717) is 43.5 Å². The van der Waals surface area contributed by atoms with Gasteiger partial charge in [-0.2, -0.15) is 10.1 Å². The molecule has 0 bridgehead atoms. The molecule has 4 N–H and O–H groups in total. The lowest BCUT2D eigenvalue weighted by molar-refractivity contribution is 0.0696. The number of hydrogen-bond donors (Lipinski definition) is 4. The van der Waals surface area contributed by atoms with Crippen LogP contribution in [0.3, 0.4) is 0 Å². The van der Waals surface area contributed by atoms with E-state index in [0.717, 1.165) is 38.1 Å². The Morgan fingerprint density at radius 3 is 2.97 bits per heavy atom. The first-order valence-corrected chi connectivity index (χ1v) is 12.4. The quantitative estimate of drug-likeness (QED) is 0.277. The largest absolute Gasteiger partial charge is 0.479 e. The second kappa shape index (κ2) is 10.1. The van der Waals surface area contributed by atoms with Crippen LogP contribution >= 0.6 is 11.3 Å². The maximum Gasteiger partial charge on any atom is 0.253 e. The molecule has 11 heteroatoms. The van der Waals surface area contributed by atoms with Gasteiger partial charge >= 0.3 is 0 Å². The van der Waals surface area contributed by atoms with Crippen molar-refractivity contribution < 1.29 is 14.3 Å². The van der Waals surface area contributed by atoms with E-state index >= 15 is 0 Å². The highest BCUT2D eigenvalue weighted by Gasteiger charge is 2.27. The number of carbonyl (C=O) groups is 1. The molecule has 4 aromatic rings. The molecule has 10 nitrogen and oxygen atoms in total. The van der Waals surface area contributed by atoms with E-state index in [2.05, 4.69) is 38.1 Å². The van der Waals surface area contributed by atoms with Crippen molar-refractivity contribution in [3.05, 3.63) is 41.6 Å². The highest BCUT2D eigenvalue weighted by atomic mass is 32.1. The standard InChI is InChI=1S/C24H29N7O3S/c1-4-7-31(8-9-33-2)24(32)14-5-6-16-18(11-14)35-23-19(16)21(25-13-26-23)28-17-10-15-12-27-30-20(15)29-22(17)34-3/h5-6,10-12,21,25-26,28H,4,7-9,13H2,1-3H3,(H,27,29,30).